The van der Waals surface area contributed by atoms with Crippen LogP contribution in [0.1, 0.15) is 45.2 Å². The van der Waals surface area contributed by atoms with Crippen LogP contribution in [0, 0.1) is 0 Å². The van der Waals surface area contributed by atoms with E-state index in [-0.39, 0.29) is 6.04 Å². The number of aryl methyl sites for hydroxylation is 1. The third kappa shape index (κ3) is 4.40. The Morgan fingerprint density at radius 1 is 1.39 bits per heavy atom. The quantitative estimate of drug-likeness (QED) is 0.517. The zero-order valence-electron chi connectivity index (χ0n) is 11.9. The first-order valence-corrected chi connectivity index (χ1v) is 6.95. The molecule has 0 saturated heterocycles. The molecule has 1 unspecified atom stereocenters. The molecular formula is C13H27N5. The van der Waals surface area contributed by atoms with E-state index in [4.69, 9.17) is 5.84 Å². The minimum absolute atomic E-state index is 0.191. The van der Waals surface area contributed by atoms with Crippen LogP contribution in [0.5, 0.6) is 0 Å². The highest BCUT2D eigenvalue weighted by Crippen LogP contribution is 2.15. The van der Waals surface area contributed by atoms with E-state index in [1.54, 1.807) is 0 Å². The summed E-state index contributed by atoms with van der Waals surface area (Å²) in [6.07, 6.45) is 6.12. The van der Waals surface area contributed by atoms with Crippen molar-refractivity contribution in [2.24, 2.45) is 5.84 Å². The molecule has 0 spiro atoms. The van der Waals surface area contributed by atoms with Crippen molar-refractivity contribution in [3.63, 3.8) is 0 Å². The summed E-state index contributed by atoms with van der Waals surface area (Å²) in [5, 5.41) is 4.35. The van der Waals surface area contributed by atoms with Gasteiger partial charge in [-0.1, -0.05) is 20.8 Å². The van der Waals surface area contributed by atoms with Crippen molar-refractivity contribution in [3.8, 4) is 0 Å². The summed E-state index contributed by atoms with van der Waals surface area (Å²) in [7, 11) is 0. The molecular weight excluding hydrogens is 226 g/mol. The van der Waals surface area contributed by atoms with Crippen molar-refractivity contribution in [2.75, 3.05) is 19.6 Å². The number of nitrogens with zero attached hydrogens (tertiary/aromatic N) is 3. The van der Waals surface area contributed by atoms with E-state index in [0.29, 0.717) is 0 Å². The summed E-state index contributed by atoms with van der Waals surface area (Å²) < 4.78 is 1.98. The van der Waals surface area contributed by atoms with Crippen molar-refractivity contribution in [1.82, 2.24) is 20.1 Å². The largest absolute Gasteiger partial charge is 0.304 e. The highest BCUT2D eigenvalue weighted by Gasteiger charge is 2.13. The molecule has 0 aliphatic heterocycles. The van der Waals surface area contributed by atoms with Crippen LogP contribution >= 0.6 is 0 Å². The Kier molecular flexibility index (Phi) is 6.93. The molecule has 1 aromatic heterocycles. The van der Waals surface area contributed by atoms with Gasteiger partial charge in [0.15, 0.2) is 0 Å². The van der Waals surface area contributed by atoms with Gasteiger partial charge in [-0.3, -0.25) is 16.0 Å². The van der Waals surface area contributed by atoms with Gasteiger partial charge in [-0.15, -0.1) is 0 Å². The second-order valence-corrected chi connectivity index (χ2v) is 4.57. The molecule has 0 aliphatic rings. The van der Waals surface area contributed by atoms with Crippen molar-refractivity contribution in [3.05, 3.63) is 18.0 Å². The molecule has 1 atom stereocenters. The van der Waals surface area contributed by atoms with Gasteiger partial charge >= 0.3 is 0 Å². The third-order valence-electron chi connectivity index (χ3n) is 3.34. The molecule has 5 heteroatoms. The maximum absolute atomic E-state index is 5.65. The minimum atomic E-state index is 0.191. The maximum Gasteiger partial charge on any atom is 0.0538 e. The van der Waals surface area contributed by atoms with E-state index in [2.05, 4.69) is 42.4 Å². The van der Waals surface area contributed by atoms with E-state index >= 15 is 0 Å². The Balaban J connectivity index is 2.53. The standard InChI is InChI=1S/C13H27N5/c1-4-8-18-11-12(10-15-18)13(16-14)7-9-17(5-2)6-3/h10-11,13,16H,4-9,14H2,1-3H3. The number of hydrogen-bond acceptors (Lipinski definition) is 4. The predicted octanol–water partition coefficient (Wildman–Crippen LogP) is 1.53. The number of aromatic nitrogens is 2. The van der Waals surface area contributed by atoms with Gasteiger partial charge < -0.3 is 4.90 Å². The smallest absolute Gasteiger partial charge is 0.0538 e. The molecule has 1 heterocycles. The molecule has 0 saturated carbocycles. The van der Waals surface area contributed by atoms with Crippen LogP contribution in [0.2, 0.25) is 0 Å². The van der Waals surface area contributed by atoms with E-state index < -0.39 is 0 Å². The zero-order valence-corrected chi connectivity index (χ0v) is 11.9. The average molecular weight is 253 g/mol. The summed E-state index contributed by atoms with van der Waals surface area (Å²) in [4.78, 5) is 2.40. The Morgan fingerprint density at radius 2 is 2.11 bits per heavy atom. The second-order valence-electron chi connectivity index (χ2n) is 4.57. The number of hydrogen-bond donors (Lipinski definition) is 2. The third-order valence-corrected chi connectivity index (χ3v) is 3.34. The van der Waals surface area contributed by atoms with E-state index in [1.807, 2.05) is 10.9 Å². The minimum Gasteiger partial charge on any atom is -0.304 e. The Hall–Kier alpha value is -0.910. The van der Waals surface area contributed by atoms with Gasteiger partial charge in [0.1, 0.15) is 0 Å². The molecule has 0 radical (unpaired) electrons. The van der Waals surface area contributed by atoms with Crippen LogP contribution < -0.4 is 11.3 Å². The summed E-state index contributed by atoms with van der Waals surface area (Å²) >= 11 is 0. The van der Waals surface area contributed by atoms with Gasteiger partial charge in [-0.25, -0.2) is 0 Å². The molecule has 1 rings (SSSR count). The number of hydrazine groups is 1. The lowest BCUT2D eigenvalue weighted by molar-refractivity contribution is 0.282. The summed E-state index contributed by atoms with van der Waals surface area (Å²) in [6.45, 7) is 10.7. The fourth-order valence-corrected chi connectivity index (χ4v) is 2.11. The summed E-state index contributed by atoms with van der Waals surface area (Å²) in [5.41, 5.74) is 4.08. The first-order chi connectivity index (χ1) is 8.74. The second kappa shape index (κ2) is 8.24. The Labute approximate surface area is 110 Å². The summed E-state index contributed by atoms with van der Waals surface area (Å²) in [6, 6.07) is 0.191. The first-order valence-electron chi connectivity index (χ1n) is 6.95. The van der Waals surface area contributed by atoms with E-state index in [9.17, 15) is 0 Å². The van der Waals surface area contributed by atoms with Crippen molar-refractivity contribution < 1.29 is 0 Å². The van der Waals surface area contributed by atoms with E-state index in [1.165, 1.54) is 5.56 Å². The molecule has 0 aliphatic carbocycles. The van der Waals surface area contributed by atoms with E-state index in [0.717, 1.165) is 39.0 Å². The van der Waals surface area contributed by atoms with Gasteiger partial charge in [0.05, 0.1) is 12.2 Å². The first kappa shape index (κ1) is 15.1. The molecule has 0 amide bonds. The molecule has 1 aromatic rings. The normalized spacial score (nSPS) is 13.2. The summed E-state index contributed by atoms with van der Waals surface area (Å²) in [5.74, 6) is 5.65. The highest BCUT2D eigenvalue weighted by atomic mass is 15.3. The SMILES string of the molecule is CCCn1cc(C(CCN(CC)CC)NN)cn1. The van der Waals surface area contributed by atoms with Crippen molar-refractivity contribution in [1.29, 1.82) is 0 Å². The topological polar surface area (TPSA) is 59.1 Å². The fraction of sp³-hybridized carbons (Fsp3) is 0.769. The molecule has 18 heavy (non-hydrogen) atoms. The monoisotopic (exact) mass is 253 g/mol. The maximum atomic E-state index is 5.65. The van der Waals surface area contributed by atoms with Crippen LogP contribution in [0.4, 0.5) is 0 Å². The molecule has 0 aromatic carbocycles. The lowest BCUT2D eigenvalue weighted by Gasteiger charge is -2.21. The molecule has 0 bridgehead atoms. The highest BCUT2D eigenvalue weighted by molar-refractivity contribution is 5.10. The van der Waals surface area contributed by atoms with Crippen LogP contribution in [-0.4, -0.2) is 34.3 Å². The predicted molar refractivity (Wildman–Crippen MR) is 75.0 cm³/mol. The van der Waals surface area contributed by atoms with Gasteiger partial charge in [-0.2, -0.15) is 5.10 Å². The number of nitrogens with two attached hydrogens (primary N) is 1. The van der Waals surface area contributed by atoms with Crippen molar-refractivity contribution in [2.45, 2.75) is 46.2 Å². The molecule has 3 N–H and O–H groups in total. The number of rotatable bonds is 9. The van der Waals surface area contributed by atoms with Crippen LogP contribution in [0.3, 0.4) is 0 Å². The lowest BCUT2D eigenvalue weighted by Crippen LogP contribution is -2.32. The number of nitrogens with one attached hydrogen (secondary N) is 1. The van der Waals surface area contributed by atoms with Gasteiger partial charge in [-0.05, 0) is 32.5 Å². The van der Waals surface area contributed by atoms with Gasteiger partial charge in [0.2, 0.25) is 0 Å². The fourth-order valence-electron chi connectivity index (χ4n) is 2.11. The average Bonchev–Trinajstić information content (AvgIpc) is 2.84. The zero-order chi connectivity index (χ0) is 13.4. The molecule has 5 nitrogen and oxygen atoms in total. The lowest BCUT2D eigenvalue weighted by atomic mass is 10.1. The van der Waals surface area contributed by atoms with Gasteiger partial charge in [0.25, 0.3) is 0 Å². The van der Waals surface area contributed by atoms with Crippen molar-refractivity contribution >= 4 is 0 Å². The Morgan fingerprint density at radius 3 is 2.67 bits per heavy atom. The molecule has 104 valence electrons. The van der Waals surface area contributed by atoms with Crippen LogP contribution in [0.25, 0.3) is 0 Å². The molecule has 0 fully saturated rings. The van der Waals surface area contributed by atoms with Gasteiger partial charge in [0, 0.05) is 18.3 Å². The Bertz CT molecular complexity index is 319. The van der Waals surface area contributed by atoms with Crippen LogP contribution in [0.15, 0.2) is 12.4 Å². The van der Waals surface area contributed by atoms with Crippen LogP contribution in [-0.2, 0) is 6.54 Å².